The fraction of sp³-hybridized carbons (Fsp3) is 0.500. The van der Waals surface area contributed by atoms with E-state index in [0.29, 0.717) is 5.56 Å². The van der Waals surface area contributed by atoms with Gasteiger partial charge in [0.1, 0.15) is 36.0 Å². The number of hydrogen-bond acceptors (Lipinski definition) is 11. The minimum Gasteiger partial charge on any atom is -0.508 e. The zero-order valence-electron chi connectivity index (χ0n) is 34.2. The minimum absolute atomic E-state index is 0.0534. The number of rotatable bonds is 24. The van der Waals surface area contributed by atoms with Gasteiger partial charge in [0, 0.05) is 19.0 Å². The number of amides is 7. The van der Waals surface area contributed by atoms with Gasteiger partial charge < -0.3 is 58.9 Å². The summed E-state index contributed by atoms with van der Waals surface area (Å²) in [6.45, 7) is 9.47. The van der Waals surface area contributed by atoms with Gasteiger partial charge in [0.15, 0.2) is 0 Å². The monoisotopic (exact) mass is 825 g/mol. The van der Waals surface area contributed by atoms with Gasteiger partial charge >= 0.3 is 5.97 Å². The fourth-order valence-corrected chi connectivity index (χ4v) is 5.70. The summed E-state index contributed by atoms with van der Waals surface area (Å²) in [7, 11) is 0. The average Bonchev–Trinajstić information content (AvgIpc) is 3.16. The van der Waals surface area contributed by atoms with Crippen LogP contribution in [0.5, 0.6) is 5.75 Å². The van der Waals surface area contributed by atoms with Gasteiger partial charge in [-0.1, -0.05) is 70.2 Å². The molecule has 0 saturated carbocycles. The number of aromatic hydroxyl groups is 1. The van der Waals surface area contributed by atoms with Crippen LogP contribution in [0.25, 0.3) is 0 Å². The summed E-state index contributed by atoms with van der Waals surface area (Å²) in [6.07, 6.45) is -0.794. The van der Waals surface area contributed by atoms with E-state index < -0.39 is 108 Å². The van der Waals surface area contributed by atoms with E-state index in [2.05, 4.69) is 37.2 Å². The number of phenols is 1. The molecule has 0 spiro atoms. The lowest BCUT2D eigenvalue weighted by Crippen LogP contribution is -2.61. The molecule has 7 atom stereocenters. The fourth-order valence-electron chi connectivity index (χ4n) is 5.70. The summed E-state index contributed by atoms with van der Waals surface area (Å²) in [4.78, 5) is 104. The third kappa shape index (κ3) is 17.5. The zero-order valence-corrected chi connectivity index (χ0v) is 34.2. The van der Waals surface area contributed by atoms with Gasteiger partial charge in [-0.15, -0.1) is 0 Å². The summed E-state index contributed by atoms with van der Waals surface area (Å²) in [5, 5.41) is 37.5. The van der Waals surface area contributed by atoms with E-state index in [4.69, 9.17) is 11.5 Å². The predicted molar refractivity (Wildman–Crippen MR) is 217 cm³/mol. The van der Waals surface area contributed by atoms with Crippen LogP contribution in [0, 0.1) is 11.8 Å². The Hall–Kier alpha value is -6.08. The minimum atomic E-state index is -1.72. The highest BCUT2D eigenvalue weighted by Crippen LogP contribution is 2.13. The lowest BCUT2D eigenvalue weighted by Gasteiger charge is -2.29. The molecule has 0 fully saturated rings. The number of phenolic OH excluding ortho intramolecular Hbond substituents is 1. The second-order valence-electron chi connectivity index (χ2n) is 15.1. The molecule has 0 aliphatic carbocycles. The number of hydrogen-bond donors (Lipinski definition) is 11. The van der Waals surface area contributed by atoms with Gasteiger partial charge in [0.25, 0.3) is 0 Å². The Kier molecular flexibility index (Phi) is 19.9. The maximum Gasteiger partial charge on any atom is 0.305 e. The van der Waals surface area contributed by atoms with Crippen molar-refractivity contribution in [3.63, 3.8) is 0 Å². The van der Waals surface area contributed by atoms with Crippen molar-refractivity contribution in [3.05, 3.63) is 65.7 Å². The molecule has 0 aromatic heterocycles. The van der Waals surface area contributed by atoms with Crippen molar-refractivity contribution >= 4 is 47.3 Å². The molecule has 19 nitrogen and oxygen atoms in total. The van der Waals surface area contributed by atoms with Crippen LogP contribution in [0.4, 0.5) is 0 Å². The molecular formula is C40H59N9O10. The number of nitrogens with one attached hydrogen (secondary N) is 7. The Bertz CT molecular complexity index is 1760. The van der Waals surface area contributed by atoms with Gasteiger partial charge in [-0.3, -0.25) is 38.4 Å². The molecule has 324 valence electrons. The van der Waals surface area contributed by atoms with E-state index in [0.717, 1.165) is 5.56 Å². The Morgan fingerprint density at radius 3 is 1.63 bits per heavy atom. The Labute approximate surface area is 343 Å². The molecule has 0 aliphatic heterocycles. The first-order valence-corrected chi connectivity index (χ1v) is 19.3. The van der Waals surface area contributed by atoms with Crippen molar-refractivity contribution < 1.29 is 48.6 Å². The second-order valence-corrected chi connectivity index (χ2v) is 15.1. The van der Waals surface area contributed by atoms with Gasteiger partial charge in [0.05, 0.1) is 19.0 Å². The van der Waals surface area contributed by atoms with Crippen LogP contribution in [0.15, 0.2) is 54.6 Å². The van der Waals surface area contributed by atoms with Crippen LogP contribution in [0.2, 0.25) is 0 Å². The SMILES string of the molecule is CC(C)[C@H](NC(=O)[C@H](CC(=O)O)NC(=O)[C@H](Cc1ccccc1)NC(=O)[C@@H](C)NC(=O)[C@H](Cc1ccc(O)cc1)NC[C@@H](C)N)C(=O)N[C@H](C(=O)NCC(N)=O)C(C)C. The summed E-state index contributed by atoms with van der Waals surface area (Å²) >= 11 is 0. The third-order valence-corrected chi connectivity index (χ3v) is 8.99. The number of nitrogens with two attached hydrogens (primary N) is 2. The van der Waals surface area contributed by atoms with Gasteiger partial charge in [-0.25, -0.2) is 0 Å². The largest absolute Gasteiger partial charge is 0.508 e. The van der Waals surface area contributed by atoms with Crippen molar-refractivity contribution in [3.8, 4) is 5.75 Å². The van der Waals surface area contributed by atoms with Crippen LogP contribution < -0.4 is 48.7 Å². The lowest BCUT2D eigenvalue weighted by molar-refractivity contribution is -0.141. The van der Waals surface area contributed by atoms with Crippen LogP contribution in [-0.4, -0.2) is 113 Å². The molecule has 2 aromatic carbocycles. The zero-order chi connectivity index (χ0) is 44.4. The molecule has 2 aromatic rings. The summed E-state index contributed by atoms with van der Waals surface area (Å²) in [5.41, 5.74) is 12.3. The van der Waals surface area contributed by atoms with Gasteiger partial charge in [-0.05, 0) is 55.4 Å². The molecule has 0 unspecified atom stereocenters. The summed E-state index contributed by atoms with van der Waals surface area (Å²) < 4.78 is 0. The Balaban J connectivity index is 2.29. The van der Waals surface area contributed by atoms with Crippen molar-refractivity contribution in [2.75, 3.05) is 13.1 Å². The van der Waals surface area contributed by atoms with Gasteiger partial charge in [-0.2, -0.15) is 0 Å². The van der Waals surface area contributed by atoms with Gasteiger partial charge in [0.2, 0.25) is 41.4 Å². The molecule has 2 rings (SSSR count). The number of carboxylic acids is 1. The number of carbonyl (C=O) groups is 8. The second kappa shape index (κ2) is 24.0. The quantitative estimate of drug-likeness (QED) is 0.0566. The summed E-state index contributed by atoms with van der Waals surface area (Å²) in [6, 6.07) is 7.01. The van der Waals surface area contributed by atoms with Crippen LogP contribution in [0.1, 0.15) is 59.1 Å². The number of benzene rings is 2. The standard InChI is InChI=1S/C40H59N9O10/c1-21(2)33(39(58)44-20-31(42)51)49-40(59)34(22(3)4)48-38(57)30(18-32(52)53)47-37(56)29(17-25-10-8-7-9-11-25)46-35(54)24(6)45-36(55)28(43-19-23(5)41)16-26-12-14-27(50)15-13-26/h7-15,21-24,28-30,33-34,43,50H,16-20,41H2,1-6H3,(H2,42,51)(H,44,58)(H,45,55)(H,46,54)(H,47,56)(H,48,57)(H,49,59)(H,52,53)/t23-,24-,28+,29+,30+,33+,34+/m1/s1. The third-order valence-electron chi connectivity index (χ3n) is 8.99. The molecule has 59 heavy (non-hydrogen) atoms. The highest BCUT2D eigenvalue weighted by molar-refractivity contribution is 5.98. The molecular weight excluding hydrogens is 766 g/mol. The smallest absolute Gasteiger partial charge is 0.305 e. The van der Waals surface area contributed by atoms with Crippen LogP contribution >= 0.6 is 0 Å². The van der Waals surface area contributed by atoms with E-state index in [1.54, 1.807) is 77.1 Å². The number of carbonyl (C=O) groups excluding carboxylic acids is 7. The topological polar surface area (TPSA) is 313 Å². The lowest BCUT2D eigenvalue weighted by atomic mass is 9.99. The Morgan fingerprint density at radius 1 is 0.593 bits per heavy atom. The van der Waals surface area contributed by atoms with E-state index in [9.17, 15) is 48.6 Å². The van der Waals surface area contributed by atoms with E-state index in [-0.39, 0.29) is 31.2 Å². The molecule has 7 amide bonds. The summed E-state index contributed by atoms with van der Waals surface area (Å²) in [5.74, 6) is -7.98. The molecule has 19 heteroatoms. The van der Waals surface area contributed by atoms with Crippen LogP contribution in [0.3, 0.4) is 0 Å². The number of aliphatic carboxylic acids is 1. The first-order chi connectivity index (χ1) is 27.7. The number of carboxylic acid groups (broad SMARTS) is 1. The predicted octanol–water partition coefficient (Wildman–Crippen LogP) is -1.69. The first-order valence-electron chi connectivity index (χ1n) is 19.3. The molecule has 0 saturated heterocycles. The molecule has 0 bridgehead atoms. The van der Waals surface area contributed by atoms with E-state index in [1.165, 1.54) is 19.1 Å². The average molecular weight is 826 g/mol. The van der Waals surface area contributed by atoms with E-state index in [1.807, 2.05) is 0 Å². The molecule has 0 heterocycles. The Morgan fingerprint density at radius 2 is 1.08 bits per heavy atom. The first kappa shape index (κ1) is 49.1. The van der Waals surface area contributed by atoms with Crippen molar-refractivity contribution in [2.45, 2.75) is 103 Å². The molecule has 13 N–H and O–H groups in total. The van der Waals surface area contributed by atoms with Crippen molar-refractivity contribution in [1.82, 2.24) is 37.2 Å². The van der Waals surface area contributed by atoms with Crippen molar-refractivity contribution in [2.24, 2.45) is 23.3 Å². The normalized spacial score (nSPS) is 14.7. The van der Waals surface area contributed by atoms with Crippen molar-refractivity contribution in [1.29, 1.82) is 0 Å². The highest BCUT2D eigenvalue weighted by atomic mass is 16.4. The molecule has 0 aliphatic rings. The number of primary amides is 1. The maximum atomic E-state index is 13.9. The maximum absolute atomic E-state index is 13.9. The molecule has 0 radical (unpaired) electrons. The van der Waals surface area contributed by atoms with E-state index >= 15 is 0 Å². The highest BCUT2D eigenvalue weighted by Gasteiger charge is 2.35. The van der Waals surface area contributed by atoms with Crippen LogP contribution in [-0.2, 0) is 51.2 Å².